The first-order chi connectivity index (χ1) is 10.5. The first-order valence-corrected chi connectivity index (χ1v) is 11.8. The van der Waals surface area contributed by atoms with E-state index >= 15 is 0 Å². The van der Waals surface area contributed by atoms with E-state index < -0.39 is 19.5 Å². The second-order valence-corrected chi connectivity index (χ2v) is 13.5. The van der Waals surface area contributed by atoms with Gasteiger partial charge in [0.2, 0.25) is 0 Å². The molecule has 1 N–H and O–H groups in total. The molecule has 2 heterocycles. The van der Waals surface area contributed by atoms with Crippen LogP contribution in [0.2, 0.25) is 18.1 Å². The van der Waals surface area contributed by atoms with Gasteiger partial charge in [0.25, 0.3) is 0 Å². The summed E-state index contributed by atoms with van der Waals surface area (Å²) >= 11 is 0. The van der Waals surface area contributed by atoms with Crippen molar-refractivity contribution in [1.29, 1.82) is 0 Å². The molecule has 0 radical (unpaired) electrons. The van der Waals surface area contributed by atoms with Crippen molar-refractivity contribution < 1.29 is 23.7 Å². The molecule has 0 aromatic heterocycles. The lowest BCUT2D eigenvalue weighted by Gasteiger charge is -2.47. The Labute approximate surface area is 140 Å². The number of ether oxygens (including phenoxy) is 3. The highest BCUT2D eigenvalue weighted by Crippen LogP contribution is 2.58. The lowest BCUT2D eigenvalue weighted by molar-refractivity contribution is -0.236. The molecule has 2 aliphatic heterocycles. The van der Waals surface area contributed by atoms with Crippen LogP contribution < -0.4 is 0 Å². The number of fused-ring (bicyclic) bond motifs is 1. The monoisotopic (exact) mass is 344 g/mol. The Morgan fingerprint density at radius 3 is 2.57 bits per heavy atom. The van der Waals surface area contributed by atoms with Crippen LogP contribution in [0.1, 0.15) is 47.0 Å². The molecule has 1 unspecified atom stereocenters. The number of hydrogen-bond donors (Lipinski definition) is 1. The summed E-state index contributed by atoms with van der Waals surface area (Å²) in [6.07, 6.45) is 1.14. The highest BCUT2D eigenvalue weighted by Gasteiger charge is 2.73. The van der Waals surface area contributed by atoms with Crippen LogP contribution >= 0.6 is 0 Å². The lowest BCUT2D eigenvalue weighted by atomic mass is 9.82. The Morgan fingerprint density at radius 1 is 1.26 bits per heavy atom. The fourth-order valence-corrected chi connectivity index (χ4v) is 5.38. The highest BCUT2D eigenvalue weighted by molar-refractivity contribution is 6.74. The van der Waals surface area contributed by atoms with Crippen molar-refractivity contribution in [2.24, 2.45) is 0 Å². The van der Waals surface area contributed by atoms with E-state index in [4.69, 9.17) is 18.6 Å². The van der Waals surface area contributed by atoms with Gasteiger partial charge in [-0.25, -0.2) is 0 Å². The third kappa shape index (κ3) is 2.62. The van der Waals surface area contributed by atoms with Crippen molar-refractivity contribution in [3.8, 4) is 0 Å². The molecular weight excluding hydrogens is 312 g/mol. The first kappa shape index (κ1) is 17.8. The van der Waals surface area contributed by atoms with Crippen LogP contribution in [0.25, 0.3) is 0 Å². The molecular formula is C17H32O5Si. The Hall–Kier alpha value is 0.0169. The zero-order valence-corrected chi connectivity index (χ0v) is 16.3. The van der Waals surface area contributed by atoms with Crippen LogP contribution in [-0.2, 0) is 18.6 Å². The molecule has 6 heteroatoms. The fourth-order valence-electron chi connectivity index (χ4n) is 4.05. The quantitative estimate of drug-likeness (QED) is 0.795. The van der Waals surface area contributed by atoms with Crippen molar-refractivity contribution in [2.45, 2.75) is 94.8 Å². The van der Waals surface area contributed by atoms with E-state index in [1.807, 2.05) is 6.92 Å². The standard InChI is InChI=1S/C17H32O5Si/c1-7-19-13-11-16(18)10-12-14(17(16,21-13)8-9-20-12)22-23(5,6)15(2,3)4/h12-14,18H,7-11H2,1-6H3/t12-,13-,14?,16-,17+/m0/s1. The van der Waals surface area contributed by atoms with E-state index in [-0.39, 0.29) is 23.5 Å². The van der Waals surface area contributed by atoms with Crippen LogP contribution in [0.15, 0.2) is 0 Å². The SMILES string of the molecule is CCO[C@@H]1C[C@@]2(O)C[C@@H]3OCC[C@@]2(O1)C3O[Si](C)(C)C(C)(C)C. The Balaban J connectivity index is 1.89. The molecule has 1 spiro atoms. The highest BCUT2D eigenvalue weighted by atomic mass is 28.4. The third-order valence-corrected chi connectivity index (χ3v) is 10.8. The minimum Gasteiger partial charge on any atom is -0.408 e. The molecule has 1 aliphatic carbocycles. The van der Waals surface area contributed by atoms with E-state index in [0.29, 0.717) is 32.5 Å². The van der Waals surface area contributed by atoms with E-state index in [2.05, 4.69) is 33.9 Å². The molecule has 2 saturated heterocycles. The van der Waals surface area contributed by atoms with Gasteiger partial charge in [-0.15, -0.1) is 0 Å². The van der Waals surface area contributed by atoms with Gasteiger partial charge in [0.1, 0.15) is 17.3 Å². The second-order valence-electron chi connectivity index (χ2n) is 8.79. The zero-order chi connectivity index (χ0) is 17.1. The molecule has 0 amide bonds. The topological polar surface area (TPSA) is 57.2 Å². The van der Waals surface area contributed by atoms with Crippen LogP contribution in [0.5, 0.6) is 0 Å². The lowest BCUT2D eigenvalue weighted by Crippen LogP contribution is -2.61. The summed E-state index contributed by atoms with van der Waals surface area (Å²) < 4.78 is 24.6. The van der Waals surface area contributed by atoms with Gasteiger partial charge in [0.15, 0.2) is 14.6 Å². The molecule has 0 aromatic carbocycles. The molecule has 3 aliphatic rings. The van der Waals surface area contributed by atoms with Gasteiger partial charge in [0.05, 0.1) is 12.7 Å². The summed E-state index contributed by atoms with van der Waals surface area (Å²) in [5, 5.41) is 11.4. The smallest absolute Gasteiger partial charge is 0.192 e. The van der Waals surface area contributed by atoms with Crippen molar-refractivity contribution in [3.05, 3.63) is 0 Å². The Morgan fingerprint density at radius 2 is 1.96 bits per heavy atom. The predicted molar refractivity (Wildman–Crippen MR) is 89.8 cm³/mol. The fraction of sp³-hybridized carbons (Fsp3) is 1.00. The van der Waals surface area contributed by atoms with Gasteiger partial charge < -0.3 is 23.7 Å². The Kier molecular flexibility index (Phi) is 4.27. The maximum Gasteiger partial charge on any atom is 0.192 e. The number of aliphatic hydroxyl groups is 1. The third-order valence-electron chi connectivity index (χ3n) is 6.36. The van der Waals surface area contributed by atoms with Gasteiger partial charge >= 0.3 is 0 Å². The molecule has 3 fully saturated rings. The van der Waals surface area contributed by atoms with Crippen molar-refractivity contribution in [3.63, 3.8) is 0 Å². The predicted octanol–water partition coefficient (Wildman–Crippen LogP) is 2.82. The van der Waals surface area contributed by atoms with Crippen molar-refractivity contribution in [2.75, 3.05) is 13.2 Å². The minimum absolute atomic E-state index is 0.0783. The zero-order valence-electron chi connectivity index (χ0n) is 15.3. The molecule has 3 rings (SSSR count). The molecule has 23 heavy (non-hydrogen) atoms. The number of rotatable bonds is 4. The van der Waals surface area contributed by atoms with Gasteiger partial charge in [-0.2, -0.15) is 0 Å². The largest absolute Gasteiger partial charge is 0.408 e. The van der Waals surface area contributed by atoms with Gasteiger partial charge in [-0.3, -0.25) is 0 Å². The summed E-state index contributed by atoms with van der Waals surface area (Å²) in [7, 11) is -1.99. The summed E-state index contributed by atoms with van der Waals surface area (Å²) in [5.41, 5.74) is -1.58. The maximum atomic E-state index is 11.3. The normalized spacial score (nSPS) is 43.7. The minimum atomic E-state index is -1.99. The summed E-state index contributed by atoms with van der Waals surface area (Å²) in [4.78, 5) is 0. The number of hydrogen-bond acceptors (Lipinski definition) is 5. The molecule has 5 nitrogen and oxygen atoms in total. The molecule has 5 atom stereocenters. The summed E-state index contributed by atoms with van der Waals surface area (Å²) in [5.74, 6) is 0. The van der Waals surface area contributed by atoms with Crippen LogP contribution in [0, 0.1) is 0 Å². The maximum absolute atomic E-state index is 11.3. The Bertz CT molecular complexity index is 462. The second kappa shape index (κ2) is 5.51. The molecule has 0 aromatic rings. The summed E-state index contributed by atoms with van der Waals surface area (Å²) in [6.45, 7) is 14.3. The summed E-state index contributed by atoms with van der Waals surface area (Å²) in [6, 6.07) is 0. The first-order valence-electron chi connectivity index (χ1n) is 8.86. The van der Waals surface area contributed by atoms with Crippen LogP contribution in [0.3, 0.4) is 0 Å². The van der Waals surface area contributed by atoms with Crippen LogP contribution in [0.4, 0.5) is 0 Å². The van der Waals surface area contributed by atoms with Gasteiger partial charge in [-0.1, -0.05) is 20.8 Å². The van der Waals surface area contributed by atoms with E-state index in [9.17, 15) is 5.11 Å². The van der Waals surface area contributed by atoms with Gasteiger partial charge in [-0.05, 0) is 25.1 Å². The van der Waals surface area contributed by atoms with Crippen molar-refractivity contribution in [1.82, 2.24) is 0 Å². The molecule has 134 valence electrons. The van der Waals surface area contributed by atoms with E-state index in [1.165, 1.54) is 0 Å². The average molecular weight is 345 g/mol. The van der Waals surface area contributed by atoms with Crippen LogP contribution in [-0.4, -0.2) is 56.3 Å². The van der Waals surface area contributed by atoms with E-state index in [0.717, 1.165) is 0 Å². The molecule has 2 bridgehead atoms. The van der Waals surface area contributed by atoms with E-state index in [1.54, 1.807) is 0 Å². The molecule has 1 saturated carbocycles. The average Bonchev–Trinajstić information content (AvgIpc) is 2.70. The van der Waals surface area contributed by atoms with Gasteiger partial charge in [0, 0.05) is 25.9 Å². The van der Waals surface area contributed by atoms with Crippen molar-refractivity contribution >= 4 is 8.32 Å².